The SMILES string of the molecule is Cc1cccc(OCCCCSCc2nc3ccccc3[nH]2)c1. The van der Waals surface area contributed by atoms with Crippen LogP contribution in [0.15, 0.2) is 48.5 Å². The molecule has 3 nitrogen and oxygen atoms in total. The van der Waals surface area contributed by atoms with Crippen LogP contribution in [0.1, 0.15) is 24.2 Å². The molecule has 1 aromatic heterocycles. The van der Waals surface area contributed by atoms with Crippen molar-refractivity contribution in [1.82, 2.24) is 9.97 Å². The lowest BCUT2D eigenvalue weighted by Gasteiger charge is -2.06. The summed E-state index contributed by atoms with van der Waals surface area (Å²) < 4.78 is 5.76. The average Bonchev–Trinajstić information content (AvgIpc) is 2.97. The maximum absolute atomic E-state index is 5.76. The van der Waals surface area contributed by atoms with Crippen molar-refractivity contribution in [3.63, 3.8) is 0 Å². The summed E-state index contributed by atoms with van der Waals surface area (Å²) in [5.41, 5.74) is 3.41. The predicted octanol–water partition coefficient (Wildman–Crippen LogP) is 4.96. The first kappa shape index (κ1) is 15.9. The fourth-order valence-electron chi connectivity index (χ4n) is 2.44. The van der Waals surface area contributed by atoms with E-state index in [9.17, 15) is 0 Å². The molecule has 0 radical (unpaired) electrons. The molecule has 2 aromatic carbocycles. The summed E-state index contributed by atoms with van der Waals surface area (Å²) in [6.07, 6.45) is 2.25. The van der Waals surface area contributed by atoms with Crippen molar-refractivity contribution in [2.24, 2.45) is 0 Å². The molecule has 3 rings (SSSR count). The van der Waals surface area contributed by atoms with Crippen molar-refractivity contribution < 1.29 is 4.74 Å². The van der Waals surface area contributed by atoms with Gasteiger partial charge in [0.2, 0.25) is 0 Å². The van der Waals surface area contributed by atoms with E-state index in [-0.39, 0.29) is 0 Å². The Bertz CT molecular complexity index is 721. The van der Waals surface area contributed by atoms with Crippen LogP contribution in [-0.2, 0) is 5.75 Å². The van der Waals surface area contributed by atoms with Gasteiger partial charge in [-0.3, -0.25) is 0 Å². The van der Waals surface area contributed by atoms with Crippen molar-refractivity contribution in [3.05, 3.63) is 59.9 Å². The summed E-state index contributed by atoms with van der Waals surface area (Å²) in [6, 6.07) is 16.4. The Morgan fingerprint density at radius 1 is 1.09 bits per heavy atom. The van der Waals surface area contributed by atoms with Crippen LogP contribution in [0.25, 0.3) is 11.0 Å². The van der Waals surface area contributed by atoms with Crippen molar-refractivity contribution in [1.29, 1.82) is 0 Å². The molecular weight excluding hydrogens is 304 g/mol. The highest BCUT2D eigenvalue weighted by Crippen LogP contribution is 2.17. The highest BCUT2D eigenvalue weighted by molar-refractivity contribution is 7.98. The lowest BCUT2D eigenvalue weighted by atomic mass is 10.2. The highest BCUT2D eigenvalue weighted by atomic mass is 32.2. The summed E-state index contributed by atoms with van der Waals surface area (Å²) in [6.45, 7) is 2.87. The molecule has 0 amide bonds. The zero-order valence-electron chi connectivity index (χ0n) is 13.4. The minimum atomic E-state index is 0.786. The fraction of sp³-hybridized carbons (Fsp3) is 0.316. The number of thioether (sulfide) groups is 1. The molecule has 0 atom stereocenters. The van der Waals surface area contributed by atoms with Crippen molar-refractivity contribution in [2.75, 3.05) is 12.4 Å². The maximum atomic E-state index is 5.76. The second-order valence-electron chi connectivity index (χ2n) is 5.63. The smallest absolute Gasteiger partial charge is 0.119 e. The molecule has 1 N–H and O–H groups in total. The predicted molar refractivity (Wildman–Crippen MR) is 98.2 cm³/mol. The van der Waals surface area contributed by atoms with Crippen molar-refractivity contribution in [2.45, 2.75) is 25.5 Å². The third kappa shape index (κ3) is 4.76. The number of ether oxygens (including phenoxy) is 1. The van der Waals surface area contributed by atoms with Gasteiger partial charge >= 0.3 is 0 Å². The fourth-order valence-corrected chi connectivity index (χ4v) is 3.33. The first-order chi connectivity index (χ1) is 11.3. The van der Waals surface area contributed by atoms with Gasteiger partial charge in [0, 0.05) is 0 Å². The lowest BCUT2D eigenvalue weighted by molar-refractivity contribution is 0.309. The van der Waals surface area contributed by atoms with Crippen molar-refractivity contribution in [3.8, 4) is 5.75 Å². The molecule has 0 fully saturated rings. The van der Waals surface area contributed by atoms with Gasteiger partial charge in [-0.15, -0.1) is 0 Å². The second kappa shape index (κ2) is 8.06. The quantitative estimate of drug-likeness (QED) is 0.594. The summed E-state index contributed by atoms with van der Waals surface area (Å²) in [4.78, 5) is 7.96. The minimum Gasteiger partial charge on any atom is -0.494 e. The number of aromatic nitrogens is 2. The molecule has 1 heterocycles. The van der Waals surface area contributed by atoms with E-state index in [2.05, 4.69) is 35.1 Å². The Hall–Kier alpha value is -1.94. The number of rotatable bonds is 8. The number of aryl methyl sites for hydroxylation is 1. The van der Waals surface area contributed by atoms with Crippen LogP contribution in [0.5, 0.6) is 5.75 Å². The van der Waals surface area contributed by atoms with Gasteiger partial charge in [-0.05, 0) is 55.3 Å². The van der Waals surface area contributed by atoms with Gasteiger partial charge in [-0.1, -0.05) is 24.3 Å². The van der Waals surface area contributed by atoms with E-state index in [1.54, 1.807) is 0 Å². The Kier molecular flexibility index (Phi) is 5.59. The number of nitrogens with one attached hydrogen (secondary N) is 1. The number of nitrogens with zero attached hydrogens (tertiary/aromatic N) is 1. The van der Waals surface area contributed by atoms with Gasteiger partial charge in [0.1, 0.15) is 11.6 Å². The summed E-state index contributed by atoms with van der Waals surface area (Å²) in [5.74, 6) is 4.11. The summed E-state index contributed by atoms with van der Waals surface area (Å²) in [5, 5.41) is 0. The maximum Gasteiger partial charge on any atom is 0.119 e. The third-order valence-corrected chi connectivity index (χ3v) is 4.67. The van der Waals surface area contributed by atoms with E-state index in [1.165, 1.54) is 5.56 Å². The molecule has 0 unspecified atom stereocenters. The normalized spacial score (nSPS) is 11.0. The number of hydrogen-bond acceptors (Lipinski definition) is 3. The molecule has 0 bridgehead atoms. The number of imidazole rings is 1. The lowest BCUT2D eigenvalue weighted by Crippen LogP contribution is -1.98. The van der Waals surface area contributed by atoms with Gasteiger partial charge in [-0.2, -0.15) is 11.8 Å². The summed E-state index contributed by atoms with van der Waals surface area (Å²) >= 11 is 1.92. The second-order valence-corrected chi connectivity index (χ2v) is 6.73. The molecular formula is C19H22N2OS. The van der Waals surface area contributed by atoms with E-state index in [4.69, 9.17) is 4.74 Å². The molecule has 0 aliphatic carbocycles. The molecule has 120 valence electrons. The number of aromatic amines is 1. The largest absolute Gasteiger partial charge is 0.494 e. The molecule has 0 saturated heterocycles. The Morgan fingerprint density at radius 3 is 2.87 bits per heavy atom. The standard InChI is InChI=1S/C19H22N2OS/c1-15-7-6-8-16(13-15)22-11-4-5-12-23-14-19-20-17-9-2-3-10-18(17)21-19/h2-3,6-10,13H,4-5,11-12,14H2,1H3,(H,20,21). The van der Waals surface area contributed by atoms with Gasteiger partial charge in [0.25, 0.3) is 0 Å². The van der Waals surface area contributed by atoms with Crippen LogP contribution in [0.2, 0.25) is 0 Å². The number of para-hydroxylation sites is 2. The topological polar surface area (TPSA) is 37.9 Å². The molecule has 3 aromatic rings. The molecule has 0 aliphatic rings. The molecule has 4 heteroatoms. The van der Waals surface area contributed by atoms with E-state index in [1.807, 2.05) is 42.1 Å². The van der Waals surface area contributed by atoms with Crippen LogP contribution >= 0.6 is 11.8 Å². The van der Waals surface area contributed by atoms with E-state index >= 15 is 0 Å². The Labute approximate surface area is 141 Å². The molecule has 0 saturated carbocycles. The van der Waals surface area contributed by atoms with E-state index < -0.39 is 0 Å². The van der Waals surface area contributed by atoms with Crippen LogP contribution in [0.3, 0.4) is 0 Å². The monoisotopic (exact) mass is 326 g/mol. The first-order valence-corrected chi connectivity index (χ1v) is 9.17. The van der Waals surface area contributed by atoms with E-state index in [0.717, 1.165) is 53.6 Å². The van der Waals surface area contributed by atoms with E-state index in [0.29, 0.717) is 0 Å². The van der Waals surface area contributed by atoms with Gasteiger partial charge in [0.15, 0.2) is 0 Å². The zero-order chi connectivity index (χ0) is 15.9. The minimum absolute atomic E-state index is 0.786. The molecule has 23 heavy (non-hydrogen) atoms. The third-order valence-electron chi connectivity index (χ3n) is 3.62. The number of benzene rings is 2. The highest BCUT2D eigenvalue weighted by Gasteiger charge is 2.01. The van der Waals surface area contributed by atoms with Gasteiger partial charge in [-0.25, -0.2) is 4.98 Å². The van der Waals surface area contributed by atoms with Crippen LogP contribution in [-0.4, -0.2) is 22.3 Å². The average molecular weight is 326 g/mol. The number of H-pyrrole nitrogens is 1. The van der Waals surface area contributed by atoms with Gasteiger partial charge in [0.05, 0.1) is 23.4 Å². The Morgan fingerprint density at radius 2 is 2.00 bits per heavy atom. The number of unbranched alkanes of at least 4 members (excludes halogenated alkanes) is 1. The van der Waals surface area contributed by atoms with Gasteiger partial charge < -0.3 is 9.72 Å². The zero-order valence-corrected chi connectivity index (χ0v) is 14.2. The van der Waals surface area contributed by atoms with Crippen LogP contribution < -0.4 is 4.74 Å². The van der Waals surface area contributed by atoms with Crippen LogP contribution in [0.4, 0.5) is 0 Å². The number of fused-ring (bicyclic) bond motifs is 1. The summed E-state index contributed by atoms with van der Waals surface area (Å²) in [7, 11) is 0. The van der Waals surface area contributed by atoms with Crippen molar-refractivity contribution >= 4 is 22.8 Å². The Balaban J connectivity index is 1.31. The molecule has 0 aliphatic heterocycles. The molecule has 0 spiro atoms. The first-order valence-electron chi connectivity index (χ1n) is 8.02. The number of hydrogen-bond donors (Lipinski definition) is 1. The van der Waals surface area contributed by atoms with Crippen LogP contribution in [0, 0.1) is 6.92 Å².